The van der Waals surface area contributed by atoms with Gasteiger partial charge in [-0.3, -0.25) is 4.79 Å². The predicted octanol–water partition coefficient (Wildman–Crippen LogP) is 5.55. The van der Waals surface area contributed by atoms with Crippen molar-refractivity contribution in [1.29, 1.82) is 0 Å². The predicted molar refractivity (Wildman–Crippen MR) is 129 cm³/mol. The molecule has 5 rings (SSSR count). The van der Waals surface area contributed by atoms with E-state index in [-0.39, 0.29) is 5.41 Å². The van der Waals surface area contributed by atoms with Gasteiger partial charge in [0.2, 0.25) is 0 Å². The van der Waals surface area contributed by atoms with Crippen LogP contribution in [0.4, 0.5) is 0 Å². The molecule has 7 atom stereocenters. The van der Waals surface area contributed by atoms with Crippen LogP contribution in [0.15, 0.2) is 30.3 Å². The van der Waals surface area contributed by atoms with Crippen molar-refractivity contribution in [2.75, 3.05) is 13.1 Å². The highest BCUT2D eigenvalue weighted by Crippen LogP contribution is 2.66. The average molecular weight is 438 g/mol. The van der Waals surface area contributed by atoms with E-state index in [4.69, 9.17) is 0 Å². The highest BCUT2D eigenvalue weighted by atomic mass is 16.3. The lowest BCUT2D eigenvalue weighted by Crippen LogP contribution is -2.57. The summed E-state index contributed by atoms with van der Waals surface area (Å²) in [6.07, 6.45) is 12.1. The molecule has 0 bridgehead atoms. The number of aryl methyl sites for hydroxylation is 1. The molecule has 0 saturated heterocycles. The van der Waals surface area contributed by atoms with Crippen LogP contribution in [0, 0.1) is 34.5 Å². The molecular weight excluding hydrogens is 394 g/mol. The van der Waals surface area contributed by atoms with Crippen LogP contribution in [-0.2, 0) is 11.2 Å². The van der Waals surface area contributed by atoms with E-state index in [0.29, 0.717) is 23.0 Å². The molecule has 3 heteroatoms. The number of benzene rings is 1. The van der Waals surface area contributed by atoms with Crippen molar-refractivity contribution in [3.8, 4) is 0 Å². The summed E-state index contributed by atoms with van der Waals surface area (Å²) in [5, 5.41) is 15.0. The van der Waals surface area contributed by atoms with Gasteiger partial charge in [-0.05, 0) is 105 Å². The summed E-state index contributed by atoms with van der Waals surface area (Å²) in [6.45, 7) is 6.53. The maximum absolute atomic E-state index is 12.6. The quantitative estimate of drug-likeness (QED) is 0.574. The Kier molecular flexibility index (Phi) is 6.03. The van der Waals surface area contributed by atoms with E-state index in [9.17, 15) is 9.90 Å². The Morgan fingerprint density at radius 2 is 1.81 bits per heavy atom. The number of nitrogens with one attached hydrogen (secondary N) is 1. The van der Waals surface area contributed by atoms with Crippen molar-refractivity contribution >= 4 is 5.78 Å². The molecule has 3 nitrogen and oxygen atoms in total. The molecule has 4 saturated carbocycles. The SMILES string of the molecule is C[C@]12CC[C@](O)(CNCCCc3ccccc3)C[C@@H]1CC[C@@H]1[C@@H]2CC[C@]2(C)C(=O)CC[C@@H]12. The summed E-state index contributed by atoms with van der Waals surface area (Å²) in [5.41, 5.74) is 1.18. The molecule has 0 amide bonds. The number of Topliss-reactive ketones (excluding diaryl/α,β-unsaturated/α-hetero) is 1. The molecule has 0 aromatic heterocycles. The summed E-state index contributed by atoms with van der Waals surface area (Å²) < 4.78 is 0. The molecule has 176 valence electrons. The minimum atomic E-state index is -0.545. The third-order valence-corrected chi connectivity index (χ3v) is 10.6. The molecule has 2 N–H and O–H groups in total. The van der Waals surface area contributed by atoms with Crippen molar-refractivity contribution in [2.45, 2.75) is 90.1 Å². The van der Waals surface area contributed by atoms with Gasteiger partial charge < -0.3 is 10.4 Å². The number of aliphatic hydroxyl groups is 1. The fourth-order valence-corrected chi connectivity index (χ4v) is 8.64. The summed E-state index contributed by atoms with van der Waals surface area (Å²) in [5.74, 6) is 3.30. The minimum absolute atomic E-state index is 0.0244. The first-order chi connectivity index (χ1) is 15.3. The molecule has 0 aliphatic heterocycles. The zero-order valence-corrected chi connectivity index (χ0v) is 20.2. The Bertz CT molecular complexity index is 824. The smallest absolute Gasteiger partial charge is 0.139 e. The molecule has 4 aliphatic carbocycles. The van der Waals surface area contributed by atoms with Crippen molar-refractivity contribution in [3.05, 3.63) is 35.9 Å². The zero-order valence-electron chi connectivity index (χ0n) is 20.2. The summed E-state index contributed by atoms with van der Waals surface area (Å²) in [6, 6.07) is 10.7. The van der Waals surface area contributed by atoms with Gasteiger partial charge in [0.15, 0.2) is 0 Å². The Labute approximate surface area is 194 Å². The number of fused-ring (bicyclic) bond motifs is 5. The third kappa shape index (κ3) is 3.88. The van der Waals surface area contributed by atoms with E-state index in [1.807, 2.05) is 0 Å². The van der Waals surface area contributed by atoms with E-state index >= 15 is 0 Å². The fourth-order valence-electron chi connectivity index (χ4n) is 8.64. The first-order valence-corrected chi connectivity index (χ1v) is 13.3. The van der Waals surface area contributed by atoms with Crippen molar-refractivity contribution in [1.82, 2.24) is 5.32 Å². The standard InChI is InChI=1S/C29H43NO2/c1-27-16-17-29(32,20-30-18-6-9-21-7-4-3-5-8-21)19-22(27)10-11-23-24-12-13-26(31)28(24,2)15-14-25(23)27/h3-5,7-8,22-25,30,32H,6,9-20H2,1-2H3/t22-,23-,24-,25-,27-,28-,29+/m0/s1. The molecule has 0 radical (unpaired) electrons. The molecule has 4 fully saturated rings. The lowest BCUT2D eigenvalue weighted by molar-refractivity contribution is -0.153. The molecule has 1 aromatic rings. The van der Waals surface area contributed by atoms with Crippen LogP contribution in [-0.4, -0.2) is 29.6 Å². The highest BCUT2D eigenvalue weighted by molar-refractivity contribution is 5.87. The highest BCUT2D eigenvalue weighted by Gasteiger charge is 2.61. The van der Waals surface area contributed by atoms with Gasteiger partial charge in [0.1, 0.15) is 5.78 Å². The van der Waals surface area contributed by atoms with E-state index in [0.717, 1.165) is 76.3 Å². The van der Waals surface area contributed by atoms with E-state index in [2.05, 4.69) is 49.5 Å². The van der Waals surface area contributed by atoms with Crippen molar-refractivity contribution < 1.29 is 9.90 Å². The van der Waals surface area contributed by atoms with Crippen LogP contribution in [0.25, 0.3) is 0 Å². The second kappa shape index (κ2) is 8.55. The van der Waals surface area contributed by atoms with E-state index in [1.54, 1.807) is 0 Å². The van der Waals surface area contributed by atoms with Crippen LogP contribution in [0.2, 0.25) is 0 Å². The van der Waals surface area contributed by atoms with Gasteiger partial charge in [-0.2, -0.15) is 0 Å². The number of rotatable bonds is 6. The van der Waals surface area contributed by atoms with E-state index in [1.165, 1.54) is 24.8 Å². The zero-order chi connectivity index (χ0) is 22.4. The number of carbonyl (C=O) groups is 1. The van der Waals surface area contributed by atoms with Gasteiger partial charge in [0.05, 0.1) is 5.60 Å². The second-order valence-corrected chi connectivity index (χ2v) is 12.3. The van der Waals surface area contributed by atoms with Crippen LogP contribution in [0.5, 0.6) is 0 Å². The normalized spacial score (nSPS) is 43.4. The lowest BCUT2D eigenvalue weighted by atomic mass is 9.44. The van der Waals surface area contributed by atoms with Gasteiger partial charge in [0, 0.05) is 18.4 Å². The summed E-state index contributed by atoms with van der Waals surface area (Å²) in [4.78, 5) is 12.6. The van der Waals surface area contributed by atoms with E-state index < -0.39 is 5.60 Å². The van der Waals surface area contributed by atoms with Crippen molar-refractivity contribution in [2.24, 2.45) is 34.5 Å². The van der Waals surface area contributed by atoms with Crippen molar-refractivity contribution in [3.63, 3.8) is 0 Å². The van der Waals surface area contributed by atoms with Gasteiger partial charge >= 0.3 is 0 Å². The van der Waals surface area contributed by atoms with Crippen LogP contribution < -0.4 is 5.32 Å². The summed E-state index contributed by atoms with van der Waals surface area (Å²) in [7, 11) is 0. The molecule has 4 aliphatic rings. The fraction of sp³-hybridized carbons (Fsp3) is 0.759. The largest absolute Gasteiger partial charge is 0.389 e. The molecular formula is C29H43NO2. The van der Waals surface area contributed by atoms with Gasteiger partial charge in [0.25, 0.3) is 0 Å². The monoisotopic (exact) mass is 437 g/mol. The number of hydrogen-bond acceptors (Lipinski definition) is 3. The number of carbonyl (C=O) groups excluding carboxylic acids is 1. The molecule has 0 heterocycles. The molecule has 32 heavy (non-hydrogen) atoms. The number of ketones is 1. The summed E-state index contributed by atoms with van der Waals surface area (Å²) >= 11 is 0. The maximum Gasteiger partial charge on any atom is 0.139 e. The average Bonchev–Trinajstić information content (AvgIpc) is 3.09. The maximum atomic E-state index is 12.6. The van der Waals surface area contributed by atoms with Gasteiger partial charge in [-0.15, -0.1) is 0 Å². The first-order valence-electron chi connectivity index (χ1n) is 13.3. The molecule has 0 spiro atoms. The first kappa shape index (κ1) is 22.6. The van der Waals surface area contributed by atoms with Crippen LogP contribution in [0.1, 0.15) is 83.6 Å². The topological polar surface area (TPSA) is 49.3 Å². The Morgan fingerprint density at radius 3 is 2.62 bits per heavy atom. The third-order valence-electron chi connectivity index (χ3n) is 10.6. The second-order valence-electron chi connectivity index (χ2n) is 12.3. The minimum Gasteiger partial charge on any atom is -0.389 e. The molecule has 0 unspecified atom stereocenters. The molecule has 1 aromatic carbocycles. The van der Waals surface area contributed by atoms with Crippen LogP contribution >= 0.6 is 0 Å². The Balaban J connectivity index is 1.16. The number of hydrogen-bond donors (Lipinski definition) is 2. The Hall–Kier alpha value is -1.19. The Morgan fingerprint density at radius 1 is 1.00 bits per heavy atom. The van der Waals surface area contributed by atoms with Crippen LogP contribution in [0.3, 0.4) is 0 Å². The lowest BCUT2D eigenvalue weighted by Gasteiger charge is -2.61. The van der Waals surface area contributed by atoms with Gasteiger partial charge in [-0.1, -0.05) is 44.2 Å². The van der Waals surface area contributed by atoms with Gasteiger partial charge in [-0.25, -0.2) is 0 Å².